The van der Waals surface area contributed by atoms with E-state index in [0.717, 1.165) is 63.5 Å². The van der Waals surface area contributed by atoms with Gasteiger partial charge in [-0.3, -0.25) is 9.69 Å². The van der Waals surface area contributed by atoms with Gasteiger partial charge in [0.2, 0.25) is 5.91 Å². The van der Waals surface area contributed by atoms with Crippen LogP contribution < -0.4 is 16.0 Å². The van der Waals surface area contributed by atoms with Crippen LogP contribution >= 0.6 is 0 Å². The molecule has 0 radical (unpaired) electrons. The zero-order valence-corrected chi connectivity index (χ0v) is 15.7. The molecule has 1 saturated heterocycles. The van der Waals surface area contributed by atoms with E-state index in [1.165, 1.54) is 25.1 Å². The van der Waals surface area contributed by atoms with Crippen molar-refractivity contribution < 1.29 is 4.79 Å². The first-order valence-corrected chi connectivity index (χ1v) is 10.3. The van der Waals surface area contributed by atoms with E-state index in [4.69, 9.17) is 5.73 Å². The molecule has 0 aromatic heterocycles. The molecule has 26 heavy (non-hydrogen) atoms. The summed E-state index contributed by atoms with van der Waals surface area (Å²) in [7, 11) is 0. The number of rotatable bonds is 5. The van der Waals surface area contributed by atoms with E-state index in [-0.39, 0.29) is 17.9 Å². The summed E-state index contributed by atoms with van der Waals surface area (Å²) >= 11 is 0. The van der Waals surface area contributed by atoms with Gasteiger partial charge in [-0.2, -0.15) is 0 Å². The van der Waals surface area contributed by atoms with Crippen LogP contribution in [-0.2, 0) is 4.79 Å². The highest BCUT2D eigenvalue weighted by atomic mass is 16.1. The number of nitrogens with one attached hydrogen (secondary N) is 1. The zero-order valence-electron chi connectivity index (χ0n) is 15.7. The fourth-order valence-corrected chi connectivity index (χ4v) is 4.34. The Hall–Kier alpha value is -1.59. The predicted octanol–water partition coefficient (Wildman–Crippen LogP) is 2.67. The SMILES string of the molecule is NC1CCCC(C(=O)Nc2cccc(N3CCN(CC4CC4)CC3)c2)C1. The molecule has 2 atom stereocenters. The summed E-state index contributed by atoms with van der Waals surface area (Å²) in [5.41, 5.74) is 8.16. The van der Waals surface area contributed by atoms with Crippen molar-refractivity contribution >= 4 is 17.3 Å². The minimum absolute atomic E-state index is 0.0633. The lowest BCUT2D eigenvalue weighted by atomic mass is 9.85. The normalized spacial score (nSPS) is 27.3. The van der Waals surface area contributed by atoms with E-state index >= 15 is 0 Å². The minimum Gasteiger partial charge on any atom is -0.369 e. The van der Waals surface area contributed by atoms with Crippen molar-refractivity contribution in [2.24, 2.45) is 17.6 Å². The van der Waals surface area contributed by atoms with Crippen molar-refractivity contribution in [3.8, 4) is 0 Å². The number of anilines is 2. The van der Waals surface area contributed by atoms with Gasteiger partial charge in [0.05, 0.1) is 0 Å². The molecule has 0 spiro atoms. The summed E-state index contributed by atoms with van der Waals surface area (Å²) in [4.78, 5) is 17.6. The molecule has 1 amide bonds. The summed E-state index contributed by atoms with van der Waals surface area (Å²) < 4.78 is 0. The fraction of sp³-hybridized carbons (Fsp3) is 0.667. The van der Waals surface area contributed by atoms with Crippen LogP contribution in [0.5, 0.6) is 0 Å². The van der Waals surface area contributed by atoms with Crippen molar-refractivity contribution in [1.82, 2.24) is 4.90 Å². The van der Waals surface area contributed by atoms with E-state index in [0.29, 0.717) is 0 Å². The third-order valence-corrected chi connectivity index (χ3v) is 6.15. The maximum Gasteiger partial charge on any atom is 0.227 e. The molecule has 3 aliphatic rings. The monoisotopic (exact) mass is 356 g/mol. The molecule has 2 saturated carbocycles. The van der Waals surface area contributed by atoms with Gasteiger partial charge in [-0.05, 0) is 56.2 Å². The second-order valence-electron chi connectivity index (χ2n) is 8.39. The van der Waals surface area contributed by atoms with Gasteiger partial charge in [0.25, 0.3) is 0 Å². The Morgan fingerprint density at radius 1 is 1.12 bits per heavy atom. The Bertz CT molecular complexity index is 622. The smallest absolute Gasteiger partial charge is 0.227 e. The number of piperazine rings is 1. The van der Waals surface area contributed by atoms with E-state index < -0.39 is 0 Å². The molecule has 1 aromatic carbocycles. The maximum atomic E-state index is 12.6. The summed E-state index contributed by atoms with van der Waals surface area (Å²) in [6.45, 7) is 5.72. The quantitative estimate of drug-likeness (QED) is 0.851. The number of amides is 1. The summed E-state index contributed by atoms with van der Waals surface area (Å²) in [5, 5.41) is 3.12. The van der Waals surface area contributed by atoms with Gasteiger partial charge in [-0.25, -0.2) is 0 Å². The number of benzene rings is 1. The molecule has 5 heteroatoms. The highest BCUT2D eigenvalue weighted by molar-refractivity contribution is 5.93. The average Bonchev–Trinajstić information content (AvgIpc) is 3.47. The van der Waals surface area contributed by atoms with Gasteiger partial charge in [-0.1, -0.05) is 12.5 Å². The van der Waals surface area contributed by atoms with Crippen molar-refractivity contribution in [2.45, 2.75) is 44.6 Å². The van der Waals surface area contributed by atoms with Crippen LogP contribution in [-0.4, -0.2) is 49.6 Å². The van der Waals surface area contributed by atoms with Gasteiger partial charge < -0.3 is 16.0 Å². The minimum atomic E-state index is 0.0633. The number of carbonyl (C=O) groups is 1. The zero-order chi connectivity index (χ0) is 17.9. The van der Waals surface area contributed by atoms with Gasteiger partial charge >= 0.3 is 0 Å². The van der Waals surface area contributed by atoms with Crippen molar-refractivity contribution in [3.05, 3.63) is 24.3 Å². The van der Waals surface area contributed by atoms with E-state index in [1.54, 1.807) is 0 Å². The largest absolute Gasteiger partial charge is 0.369 e. The number of nitrogens with two attached hydrogens (primary N) is 1. The molecule has 3 fully saturated rings. The summed E-state index contributed by atoms with van der Waals surface area (Å²) in [5.74, 6) is 1.16. The molecule has 4 rings (SSSR count). The average molecular weight is 357 g/mol. The number of nitrogens with zero attached hydrogens (tertiary/aromatic N) is 2. The molecule has 1 aromatic rings. The van der Waals surface area contributed by atoms with Crippen LogP contribution in [0.1, 0.15) is 38.5 Å². The number of hydrogen-bond acceptors (Lipinski definition) is 4. The summed E-state index contributed by atoms with van der Waals surface area (Å²) in [6.07, 6.45) is 6.73. The van der Waals surface area contributed by atoms with E-state index in [9.17, 15) is 4.79 Å². The third-order valence-electron chi connectivity index (χ3n) is 6.15. The number of carbonyl (C=O) groups excluding carboxylic acids is 1. The highest BCUT2D eigenvalue weighted by Gasteiger charge is 2.27. The molecule has 2 aliphatic carbocycles. The Labute approximate surface area is 156 Å². The Kier molecular flexibility index (Phi) is 5.46. The van der Waals surface area contributed by atoms with Crippen molar-refractivity contribution in [1.29, 1.82) is 0 Å². The topological polar surface area (TPSA) is 61.6 Å². The molecule has 3 N–H and O–H groups in total. The number of hydrogen-bond donors (Lipinski definition) is 2. The standard InChI is InChI=1S/C21H32N4O/c22-18-4-1-3-17(13-18)21(26)23-19-5-2-6-20(14-19)25-11-9-24(10-12-25)15-16-7-8-16/h2,5-6,14,16-18H,1,3-4,7-13,15,22H2,(H,23,26). The van der Waals surface area contributed by atoms with Gasteiger partial charge in [0.15, 0.2) is 0 Å². The maximum absolute atomic E-state index is 12.6. The molecule has 2 unspecified atom stereocenters. The first kappa shape index (κ1) is 17.8. The van der Waals surface area contributed by atoms with Crippen molar-refractivity contribution in [2.75, 3.05) is 42.9 Å². The highest BCUT2D eigenvalue weighted by Crippen LogP contribution is 2.30. The lowest BCUT2D eigenvalue weighted by molar-refractivity contribution is -0.120. The van der Waals surface area contributed by atoms with Gasteiger partial charge in [0, 0.05) is 56.1 Å². The van der Waals surface area contributed by atoms with Crippen LogP contribution in [0.15, 0.2) is 24.3 Å². The predicted molar refractivity (Wildman–Crippen MR) is 106 cm³/mol. The van der Waals surface area contributed by atoms with Gasteiger partial charge in [0.1, 0.15) is 0 Å². The third kappa shape index (κ3) is 4.57. The van der Waals surface area contributed by atoms with Crippen LogP contribution in [0, 0.1) is 11.8 Å². The first-order valence-electron chi connectivity index (χ1n) is 10.3. The lowest BCUT2D eigenvalue weighted by Gasteiger charge is -2.36. The Balaban J connectivity index is 1.32. The second-order valence-corrected chi connectivity index (χ2v) is 8.39. The van der Waals surface area contributed by atoms with Gasteiger partial charge in [-0.15, -0.1) is 0 Å². The van der Waals surface area contributed by atoms with Crippen LogP contribution in [0.2, 0.25) is 0 Å². The van der Waals surface area contributed by atoms with Crippen molar-refractivity contribution in [3.63, 3.8) is 0 Å². The first-order chi connectivity index (χ1) is 12.7. The molecule has 0 bridgehead atoms. The van der Waals surface area contributed by atoms with Crippen LogP contribution in [0.3, 0.4) is 0 Å². The van der Waals surface area contributed by atoms with Crippen LogP contribution in [0.4, 0.5) is 11.4 Å². The second kappa shape index (κ2) is 7.97. The van der Waals surface area contributed by atoms with Crippen LogP contribution in [0.25, 0.3) is 0 Å². The molecule has 142 valence electrons. The molecular formula is C21H32N4O. The molecule has 1 aliphatic heterocycles. The fourth-order valence-electron chi connectivity index (χ4n) is 4.34. The molecule has 1 heterocycles. The molecule has 5 nitrogen and oxygen atoms in total. The Morgan fingerprint density at radius 3 is 2.65 bits per heavy atom. The lowest BCUT2D eigenvalue weighted by Crippen LogP contribution is -2.47. The Morgan fingerprint density at radius 2 is 1.92 bits per heavy atom. The van der Waals surface area contributed by atoms with E-state index in [2.05, 4.69) is 27.2 Å². The van der Waals surface area contributed by atoms with E-state index in [1.807, 2.05) is 12.1 Å². The summed E-state index contributed by atoms with van der Waals surface area (Å²) in [6, 6.07) is 8.50. The molecular weight excluding hydrogens is 324 g/mol.